The van der Waals surface area contributed by atoms with Gasteiger partial charge in [0.1, 0.15) is 0 Å². The summed E-state index contributed by atoms with van der Waals surface area (Å²) in [4.78, 5) is 35.5. The Morgan fingerprint density at radius 3 is 0.815 bits per heavy atom. The van der Waals surface area contributed by atoms with Crippen molar-refractivity contribution in [3.05, 3.63) is 49.7 Å². The summed E-state index contributed by atoms with van der Waals surface area (Å²) in [6, 6.07) is 0. The Balaban J connectivity index is 3.84. The zero-order valence-corrected chi connectivity index (χ0v) is 12.4. The molecule has 0 unspecified atom stereocenters. The van der Waals surface area contributed by atoms with Crippen molar-refractivity contribution in [1.29, 1.82) is 0 Å². The highest BCUT2D eigenvalue weighted by Gasteiger charge is 2.25. The summed E-state index contributed by atoms with van der Waals surface area (Å²) in [5, 5.41) is 0. The average molecular weight is 411 g/mol. The van der Waals surface area contributed by atoms with Crippen LogP contribution in [0.15, 0.2) is 32.6 Å². The third-order valence-corrected chi connectivity index (χ3v) is 2.47. The Morgan fingerprint density at radius 2 is 0.667 bits per heavy atom. The van der Waals surface area contributed by atoms with Gasteiger partial charge in [-0.15, -0.1) is 0 Å². The first-order chi connectivity index (χ1) is 12.0. The first-order valence-corrected chi connectivity index (χ1v) is 6.30. The minimum absolute atomic E-state index is 0.250. The van der Waals surface area contributed by atoms with Crippen LogP contribution in [0.5, 0.6) is 0 Å². The Labute approximate surface area is 141 Å². The van der Waals surface area contributed by atoms with Gasteiger partial charge in [0.2, 0.25) is 0 Å². The largest absolute Gasteiger partial charge is 0.411 e. The predicted octanol–water partition coefficient (Wildman–Crippen LogP) is 2.27. The summed E-state index contributed by atoms with van der Waals surface area (Å²) in [5.74, 6) is 0. The number of hydrogen-bond donors (Lipinski definition) is 0. The van der Waals surface area contributed by atoms with E-state index < -0.39 is 67.5 Å². The standard InChI is InChI=1S/C12H6F9N3O3/c13-10(14,15)1-4-22-7(25)23(5-2-11(16,17)18)9(27)24(8(22)26)6-3-12(19,20)21/h1-6H/b4-1-,5-2+,6-3+. The molecule has 27 heavy (non-hydrogen) atoms. The maximum atomic E-state index is 12.2. The minimum atomic E-state index is -5.08. The van der Waals surface area contributed by atoms with Gasteiger partial charge < -0.3 is 0 Å². The summed E-state index contributed by atoms with van der Waals surface area (Å²) in [7, 11) is 0. The average Bonchev–Trinajstić information content (AvgIpc) is 2.43. The van der Waals surface area contributed by atoms with Crippen LogP contribution in [0, 0.1) is 0 Å². The van der Waals surface area contributed by atoms with Crippen molar-refractivity contribution in [3.63, 3.8) is 0 Å². The molecule has 1 aromatic rings. The number of nitrogens with zero attached hydrogens (tertiary/aromatic N) is 3. The maximum absolute atomic E-state index is 12.2. The zero-order chi connectivity index (χ0) is 21.2. The molecule has 0 saturated carbocycles. The van der Waals surface area contributed by atoms with Gasteiger partial charge >= 0.3 is 35.6 Å². The van der Waals surface area contributed by atoms with Gasteiger partial charge in [-0.05, 0) is 0 Å². The van der Waals surface area contributed by atoms with Gasteiger partial charge in [0.05, 0.1) is 0 Å². The van der Waals surface area contributed by atoms with Gasteiger partial charge in [-0.1, -0.05) is 0 Å². The van der Waals surface area contributed by atoms with E-state index in [1.807, 2.05) is 0 Å². The molecule has 6 nitrogen and oxygen atoms in total. The molecule has 0 aliphatic carbocycles. The normalized spacial score (nSPS) is 14.1. The van der Waals surface area contributed by atoms with Gasteiger partial charge in [-0.2, -0.15) is 39.5 Å². The summed E-state index contributed by atoms with van der Waals surface area (Å²) < 4.78 is 108. The second kappa shape index (κ2) is 7.32. The Bertz CT molecular complexity index is 798. The number of rotatable bonds is 3. The number of aromatic nitrogens is 3. The summed E-state index contributed by atoms with van der Waals surface area (Å²) >= 11 is 0. The molecule has 0 amide bonds. The van der Waals surface area contributed by atoms with Crippen LogP contribution >= 0.6 is 0 Å². The van der Waals surface area contributed by atoms with Crippen LogP contribution in [0.3, 0.4) is 0 Å². The first-order valence-electron chi connectivity index (χ1n) is 6.30. The van der Waals surface area contributed by atoms with E-state index in [1.165, 1.54) is 0 Å². The van der Waals surface area contributed by atoms with Crippen molar-refractivity contribution < 1.29 is 39.5 Å². The number of alkyl halides is 9. The number of allylic oxidation sites excluding steroid dienone is 3. The molecular weight excluding hydrogens is 405 g/mol. The van der Waals surface area contributed by atoms with Gasteiger partial charge in [-0.25, -0.2) is 28.1 Å². The molecular formula is C12H6F9N3O3. The molecule has 1 heterocycles. The van der Waals surface area contributed by atoms with Crippen LogP contribution in [0.4, 0.5) is 39.5 Å². The van der Waals surface area contributed by atoms with E-state index in [0.29, 0.717) is 0 Å². The lowest BCUT2D eigenvalue weighted by atomic mass is 10.5. The Morgan fingerprint density at radius 1 is 0.481 bits per heavy atom. The van der Waals surface area contributed by atoms with Crippen molar-refractivity contribution in [2.45, 2.75) is 18.5 Å². The van der Waals surface area contributed by atoms with E-state index in [-0.39, 0.29) is 18.6 Å². The van der Waals surface area contributed by atoms with Gasteiger partial charge in [0.25, 0.3) is 0 Å². The second-order valence-electron chi connectivity index (χ2n) is 4.53. The summed E-state index contributed by atoms with van der Waals surface area (Å²) in [6.45, 7) is 0. The van der Waals surface area contributed by atoms with Crippen molar-refractivity contribution in [3.8, 4) is 0 Å². The highest BCUT2D eigenvalue weighted by atomic mass is 19.4. The van der Waals surface area contributed by atoms with Gasteiger partial charge in [-0.3, -0.25) is 0 Å². The van der Waals surface area contributed by atoms with E-state index in [4.69, 9.17) is 0 Å². The second-order valence-corrected chi connectivity index (χ2v) is 4.53. The SMILES string of the molecule is O=c1n(/C=C\C(F)(F)F)c(=O)n(/C=C/C(F)(F)F)c(=O)n1/C=C/C(F)(F)F. The summed E-state index contributed by atoms with van der Waals surface area (Å²) in [5.41, 5.74) is -5.91. The molecule has 150 valence electrons. The fraction of sp³-hybridized carbons (Fsp3) is 0.250. The topological polar surface area (TPSA) is 66.0 Å². The lowest BCUT2D eigenvalue weighted by Gasteiger charge is -2.08. The zero-order valence-electron chi connectivity index (χ0n) is 12.4. The molecule has 1 aromatic heterocycles. The first kappa shape index (κ1) is 22.0. The molecule has 0 bridgehead atoms. The molecule has 0 aromatic carbocycles. The van der Waals surface area contributed by atoms with E-state index in [1.54, 1.807) is 0 Å². The van der Waals surface area contributed by atoms with Crippen molar-refractivity contribution in [1.82, 2.24) is 13.7 Å². The fourth-order valence-corrected chi connectivity index (χ4v) is 1.45. The molecule has 0 radical (unpaired) electrons. The third kappa shape index (κ3) is 6.67. The molecule has 0 fully saturated rings. The van der Waals surface area contributed by atoms with Crippen molar-refractivity contribution in [2.24, 2.45) is 0 Å². The highest BCUT2D eigenvalue weighted by molar-refractivity contribution is 5.31. The van der Waals surface area contributed by atoms with Crippen LogP contribution in [0.1, 0.15) is 0 Å². The fourth-order valence-electron chi connectivity index (χ4n) is 1.45. The maximum Gasteiger partial charge on any atom is 0.411 e. The smallest absolute Gasteiger partial charge is 0.247 e. The lowest BCUT2D eigenvalue weighted by Crippen LogP contribution is -2.50. The highest BCUT2D eigenvalue weighted by Crippen LogP contribution is 2.17. The molecule has 0 N–H and O–H groups in total. The molecule has 1 rings (SSSR count). The lowest BCUT2D eigenvalue weighted by molar-refractivity contribution is -0.0801. The Kier molecular flexibility index (Phi) is 5.97. The van der Waals surface area contributed by atoms with E-state index in [0.717, 1.165) is 0 Å². The van der Waals surface area contributed by atoms with Crippen LogP contribution in [-0.2, 0) is 0 Å². The van der Waals surface area contributed by atoms with Crippen LogP contribution < -0.4 is 17.1 Å². The van der Waals surface area contributed by atoms with Crippen LogP contribution in [0.2, 0.25) is 0 Å². The van der Waals surface area contributed by atoms with Gasteiger partial charge in [0, 0.05) is 36.8 Å². The molecule has 0 aliphatic heterocycles. The van der Waals surface area contributed by atoms with Crippen LogP contribution in [0.25, 0.3) is 18.6 Å². The molecule has 0 atom stereocenters. The van der Waals surface area contributed by atoms with E-state index in [9.17, 15) is 53.9 Å². The minimum Gasteiger partial charge on any atom is -0.247 e. The molecule has 0 saturated heterocycles. The van der Waals surface area contributed by atoms with Crippen molar-refractivity contribution >= 4 is 18.6 Å². The third-order valence-electron chi connectivity index (χ3n) is 2.47. The van der Waals surface area contributed by atoms with Crippen molar-refractivity contribution in [2.75, 3.05) is 0 Å². The summed E-state index contributed by atoms with van der Waals surface area (Å²) in [6.07, 6.45) is -18.1. The van der Waals surface area contributed by atoms with Crippen LogP contribution in [-0.4, -0.2) is 32.2 Å². The van der Waals surface area contributed by atoms with E-state index >= 15 is 0 Å². The van der Waals surface area contributed by atoms with E-state index in [2.05, 4.69) is 0 Å². The number of halogens is 9. The molecule has 15 heteroatoms. The predicted molar refractivity (Wildman–Crippen MR) is 73.4 cm³/mol. The Hall–Kier alpha value is -3.00. The quantitative estimate of drug-likeness (QED) is 0.717. The molecule has 0 aliphatic rings. The van der Waals surface area contributed by atoms with Gasteiger partial charge in [0.15, 0.2) is 0 Å². The molecule has 0 spiro atoms. The number of hydrogen-bond acceptors (Lipinski definition) is 3. The monoisotopic (exact) mass is 411 g/mol.